The highest BCUT2D eigenvalue weighted by atomic mass is 16.5. The molecule has 1 saturated carbocycles. The first-order valence-electron chi connectivity index (χ1n) is 5.25. The molecule has 4 nitrogen and oxygen atoms in total. The van der Waals surface area contributed by atoms with Gasteiger partial charge < -0.3 is 10.3 Å². The monoisotopic (exact) mass is 195 g/mol. The van der Waals surface area contributed by atoms with Crippen molar-refractivity contribution < 1.29 is 4.52 Å². The Bertz CT molecular complexity index is 304. The van der Waals surface area contributed by atoms with Crippen molar-refractivity contribution >= 4 is 0 Å². The van der Waals surface area contributed by atoms with Crippen LogP contribution in [0.4, 0.5) is 0 Å². The van der Waals surface area contributed by atoms with Gasteiger partial charge in [-0.15, -0.1) is 0 Å². The summed E-state index contributed by atoms with van der Waals surface area (Å²) in [5, 5.41) is 3.95. The summed E-state index contributed by atoms with van der Waals surface area (Å²) >= 11 is 0. The third kappa shape index (κ3) is 2.12. The van der Waals surface area contributed by atoms with E-state index in [0.29, 0.717) is 24.1 Å². The van der Waals surface area contributed by atoms with Gasteiger partial charge >= 0.3 is 0 Å². The molecule has 1 atom stereocenters. The molecule has 78 valence electrons. The first-order chi connectivity index (χ1) is 6.66. The SMILES string of the molecule is CC(C)C(N)Cc1nc(C2CC2)no1. The van der Waals surface area contributed by atoms with Gasteiger partial charge in [0, 0.05) is 18.4 Å². The lowest BCUT2D eigenvalue weighted by molar-refractivity contribution is 0.349. The third-order valence-electron chi connectivity index (χ3n) is 2.69. The molecule has 1 aliphatic carbocycles. The minimum Gasteiger partial charge on any atom is -0.339 e. The predicted molar refractivity (Wildman–Crippen MR) is 52.8 cm³/mol. The summed E-state index contributed by atoms with van der Waals surface area (Å²) in [5.74, 6) is 2.57. The van der Waals surface area contributed by atoms with Gasteiger partial charge in [0.2, 0.25) is 5.89 Å². The quantitative estimate of drug-likeness (QED) is 0.790. The van der Waals surface area contributed by atoms with Crippen LogP contribution >= 0.6 is 0 Å². The normalized spacial score (nSPS) is 18.9. The fraction of sp³-hybridized carbons (Fsp3) is 0.800. The molecule has 14 heavy (non-hydrogen) atoms. The first-order valence-corrected chi connectivity index (χ1v) is 5.25. The molecule has 1 aliphatic rings. The number of nitrogens with two attached hydrogens (primary N) is 1. The van der Waals surface area contributed by atoms with E-state index in [2.05, 4.69) is 24.0 Å². The van der Waals surface area contributed by atoms with Gasteiger partial charge in [0.1, 0.15) is 0 Å². The Morgan fingerprint density at radius 2 is 2.21 bits per heavy atom. The van der Waals surface area contributed by atoms with E-state index < -0.39 is 0 Å². The summed E-state index contributed by atoms with van der Waals surface area (Å²) in [4.78, 5) is 4.34. The van der Waals surface area contributed by atoms with Gasteiger partial charge in [0.25, 0.3) is 0 Å². The smallest absolute Gasteiger partial charge is 0.228 e. The molecule has 2 N–H and O–H groups in total. The summed E-state index contributed by atoms with van der Waals surface area (Å²) in [6, 6.07) is 0.113. The highest BCUT2D eigenvalue weighted by Gasteiger charge is 2.29. The van der Waals surface area contributed by atoms with Crippen molar-refractivity contribution in [3.63, 3.8) is 0 Å². The molecule has 0 amide bonds. The maximum atomic E-state index is 5.92. The summed E-state index contributed by atoms with van der Waals surface area (Å²) in [6.07, 6.45) is 3.10. The zero-order valence-corrected chi connectivity index (χ0v) is 8.73. The molecule has 0 bridgehead atoms. The van der Waals surface area contributed by atoms with E-state index in [1.54, 1.807) is 0 Å². The highest BCUT2D eigenvalue weighted by Crippen LogP contribution is 2.38. The van der Waals surface area contributed by atoms with Crippen LogP contribution in [0.5, 0.6) is 0 Å². The molecule has 1 aromatic heterocycles. The molecule has 0 saturated heterocycles. The second kappa shape index (κ2) is 3.69. The van der Waals surface area contributed by atoms with Crippen LogP contribution < -0.4 is 5.73 Å². The molecule has 1 fully saturated rings. The van der Waals surface area contributed by atoms with Crippen LogP contribution in [-0.2, 0) is 6.42 Å². The number of rotatable bonds is 4. The number of aromatic nitrogens is 2. The maximum Gasteiger partial charge on any atom is 0.228 e. The van der Waals surface area contributed by atoms with Gasteiger partial charge in [-0.3, -0.25) is 0 Å². The molecule has 1 unspecified atom stereocenters. The van der Waals surface area contributed by atoms with E-state index in [-0.39, 0.29) is 6.04 Å². The molecule has 0 radical (unpaired) electrons. The van der Waals surface area contributed by atoms with E-state index >= 15 is 0 Å². The van der Waals surface area contributed by atoms with Crippen LogP contribution in [-0.4, -0.2) is 16.2 Å². The second-order valence-electron chi connectivity index (χ2n) is 4.43. The van der Waals surface area contributed by atoms with E-state index in [9.17, 15) is 0 Å². The van der Waals surface area contributed by atoms with Crippen LogP contribution in [0.15, 0.2) is 4.52 Å². The molecule has 2 rings (SSSR count). The van der Waals surface area contributed by atoms with E-state index in [4.69, 9.17) is 10.3 Å². The topological polar surface area (TPSA) is 64.9 Å². The number of hydrogen-bond acceptors (Lipinski definition) is 4. The van der Waals surface area contributed by atoms with Crippen LogP contribution in [0.3, 0.4) is 0 Å². The molecular weight excluding hydrogens is 178 g/mol. The lowest BCUT2D eigenvalue weighted by atomic mass is 10.0. The van der Waals surface area contributed by atoms with E-state index in [1.165, 1.54) is 12.8 Å². The molecule has 0 aromatic carbocycles. The predicted octanol–water partition coefficient (Wildman–Crippen LogP) is 1.47. The Morgan fingerprint density at radius 3 is 2.79 bits per heavy atom. The maximum absolute atomic E-state index is 5.92. The van der Waals surface area contributed by atoms with Crippen LogP contribution in [0.2, 0.25) is 0 Å². The van der Waals surface area contributed by atoms with Crippen LogP contribution in [0, 0.1) is 5.92 Å². The fourth-order valence-electron chi connectivity index (χ4n) is 1.30. The largest absolute Gasteiger partial charge is 0.339 e. The lowest BCUT2D eigenvalue weighted by Crippen LogP contribution is -2.28. The van der Waals surface area contributed by atoms with Crippen molar-refractivity contribution in [2.45, 2.75) is 45.1 Å². The third-order valence-corrected chi connectivity index (χ3v) is 2.69. The van der Waals surface area contributed by atoms with Crippen LogP contribution in [0.1, 0.15) is 44.3 Å². The summed E-state index contributed by atoms with van der Waals surface area (Å²) in [7, 11) is 0. The summed E-state index contributed by atoms with van der Waals surface area (Å²) < 4.78 is 5.15. The molecular formula is C10H17N3O. The molecule has 0 aliphatic heterocycles. The molecule has 4 heteroatoms. The minimum absolute atomic E-state index is 0.113. The van der Waals surface area contributed by atoms with Crippen molar-refractivity contribution in [1.29, 1.82) is 0 Å². The zero-order chi connectivity index (χ0) is 10.1. The van der Waals surface area contributed by atoms with Gasteiger partial charge in [-0.1, -0.05) is 19.0 Å². The van der Waals surface area contributed by atoms with Crippen molar-refractivity contribution in [1.82, 2.24) is 10.1 Å². The molecule has 0 spiro atoms. The average Bonchev–Trinajstić information content (AvgIpc) is 2.88. The summed E-state index contributed by atoms with van der Waals surface area (Å²) in [5.41, 5.74) is 5.92. The highest BCUT2D eigenvalue weighted by molar-refractivity contribution is 5.03. The van der Waals surface area contributed by atoms with Crippen molar-refractivity contribution in [2.75, 3.05) is 0 Å². The van der Waals surface area contributed by atoms with Gasteiger partial charge in [-0.25, -0.2) is 0 Å². The minimum atomic E-state index is 0.113. The Kier molecular flexibility index (Phi) is 2.54. The van der Waals surface area contributed by atoms with E-state index in [0.717, 1.165) is 5.82 Å². The van der Waals surface area contributed by atoms with Gasteiger partial charge in [-0.2, -0.15) is 4.98 Å². The Morgan fingerprint density at radius 1 is 1.50 bits per heavy atom. The Balaban J connectivity index is 1.95. The lowest BCUT2D eigenvalue weighted by Gasteiger charge is -2.11. The van der Waals surface area contributed by atoms with Gasteiger partial charge in [-0.05, 0) is 18.8 Å². The Hall–Kier alpha value is -0.900. The molecule has 1 aromatic rings. The second-order valence-corrected chi connectivity index (χ2v) is 4.43. The van der Waals surface area contributed by atoms with Gasteiger partial charge in [0.15, 0.2) is 5.82 Å². The number of hydrogen-bond donors (Lipinski definition) is 1. The van der Waals surface area contributed by atoms with E-state index in [1.807, 2.05) is 0 Å². The Labute approximate surface area is 83.9 Å². The van der Waals surface area contributed by atoms with Crippen molar-refractivity contribution in [3.05, 3.63) is 11.7 Å². The van der Waals surface area contributed by atoms with Crippen molar-refractivity contribution in [3.8, 4) is 0 Å². The zero-order valence-electron chi connectivity index (χ0n) is 8.73. The fourth-order valence-corrected chi connectivity index (χ4v) is 1.30. The molecule has 1 heterocycles. The van der Waals surface area contributed by atoms with Crippen LogP contribution in [0.25, 0.3) is 0 Å². The van der Waals surface area contributed by atoms with Gasteiger partial charge in [0.05, 0.1) is 0 Å². The first kappa shape index (κ1) is 9.65. The summed E-state index contributed by atoms with van der Waals surface area (Å²) in [6.45, 7) is 4.20. The number of nitrogens with zero attached hydrogens (tertiary/aromatic N) is 2. The standard InChI is InChI=1S/C10H17N3O/c1-6(2)8(11)5-9-12-10(13-14-9)7-3-4-7/h6-8H,3-5,11H2,1-2H3. The average molecular weight is 195 g/mol. The van der Waals surface area contributed by atoms with Crippen molar-refractivity contribution in [2.24, 2.45) is 11.7 Å².